The fourth-order valence-electron chi connectivity index (χ4n) is 2.21. The van der Waals surface area contributed by atoms with Crippen LogP contribution in [0.25, 0.3) is 0 Å². The summed E-state index contributed by atoms with van der Waals surface area (Å²) in [5, 5.41) is 0. The third kappa shape index (κ3) is 2.57. The van der Waals surface area contributed by atoms with Crippen molar-refractivity contribution in [1.82, 2.24) is 4.90 Å². The first-order valence-corrected chi connectivity index (χ1v) is 5.78. The van der Waals surface area contributed by atoms with E-state index in [9.17, 15) is 4.79 Å². The highest BCUT2D eigenvalue weighted by Gasteiger charge is 2.21. The normalized spacial score (nSPS) is 18.8. The van der Waals surface area contributed by atoms with E-state index < -0.39 is 0 Å². The molecule has 1 heterocycles. The van der Waals surface area contributed by atoms with Crippen LogP contribution in [-0.2, 0) is 4.79 Å². The standard InChI is InChI=1S/C13H16N2O/c16-11-14-13(12-7-3-1-4-8-12)15-9-5-2-6-10-15/h1,3-4,7-8,13H,2,5-6,9-10H2. The van der Waals surface area contributed by atoms with Crippen LogP contribution in [0.15, 0.2) is 35.3 Å². The number of rotatable bonds is 3. The van der Waals surface area contributed by atoms with Crippen LogP contribution < -0.4 is 0 Å². The van der Waals surface area contributed by atoms with Crippen LogP contribution >= 0.6 is 0 Å². The number of aliphatic imine (C=N–C) groups is 1. The van der Waals surface area contributed by atoms with Crippen molar-refractivity contribution in [2.45, 2.75) is 25.4 Å². The maximum absolute atomic E-state index is 10.5. The van der Waals surface area contributed by atoms with Gasteiger partial charge in [0.15, 0.2) is 0 Å². The SMILES string of the molecule is O=C=NC(c1ccccc1)N1CCCCC1. The van der Waals surface area contributed by atoms with Gasteiger partial charge in [-0.25, -0.2) is 4.79 Å². The topological polar surface area (TPSA) is 32.7 Å². The fraction of sp³-hybridized carbons (Fsp3) is 0.462. The first-order chi connectivity index (χ1) is 7.92. The summed E-state index contributed by atoms with van der Waals surface area (Å²) in [5.74, 6) is 0. The summed E-state index contributed by atoms with van der Waals surface area (Å²) >= 11 is 0. The lowest BCUT2D eigenvalue weighted by molar-refractivity contribution is 0.168. The summed E-state index contributed by atoms with van der Waals surface area (Å²) in [6.45, 7) is 2.04. The molecule has 2 rings (SSSR count). The molecule has 1 fully saturated rings. The number of hydrogen-bond donors (Lipinski definition) is 0. The summed E-state index contributed by atoms with van der Waals surface area (Å²) in [5.41, 5.74) is 1.08. The molecular formula is C13H16N2O. The summed E-state index contributed by atoms with van der Waals surface area (Å²) < 4.78 is 0. The molecule has 0 saturated carbocycles. The molecule has 0 bridgehead atoms. The van der Waals surface area contributed by atoms with Crippen molar-refractivity contribution < 1.29 is 4.79 Å². The van der Waals surface area contributed by atoms with Gasteiger partial charge in [0, 0.05) is 13.1 Å². The molecule has 84 valence electrons. The van der Waals surface area contributed by atoms with Gasteiger partial charge in [-0.05, 0) is 18.4 Å². The molecule has 1 aromatic rings. The summed E-state index contributed by atoms with van der Waals surface area (Å²) in [4.78, 5) is 16.7. The minimum absolute atomic E-state index is 0.140. The molecule has 1 atom stereocenters. The number of carbonyl (C=O) groups excluding carboxylic acids is 1. The number of hydrogen-bond acceptors (Lipinski definition) is 3. The second-order valence-electron chi connectivity index (χ2n) is 4.10. The van der Waals surface area contributed by atoms with Gasteiger partial charge in [0.2, 0.25) is 6.08 Å². The van der Waals surface area contributed by atoms with Gasteiger partial charge in [-0.1, -0.05) is 36.8 Å². The van der Waals surface area contributed by atoms with Crippen molar-refractivity contribution in [3.05, 3.63) is 35.9 Å². The van der Waals surface area contributed by atoms with Crippen molar-refractivity contribution in [3.63, 3.8) is 0 Å². The molecule has 1 aliphatic heterocycles. The van der Waals surface area contributed by atoms with E-state index in [-0.39, 0.29) is 6.17 Å². The average Bonchev–Trinajstić information content (AvgIpc) is 2.38. The molecule has 0 aromatic heterocycles. The van der Waals surface area contributed by atoms with Gasteiger partial charge < -0.3 is 0 Å². The van der Waals surface area contributed by atoms with E-state index in [1.54, 1.807) is 6.08 Å². The predicted octanol–water partition coefficient (Wildman–Crippen LogP) is 2.51. The van der Waals surface area contributed by atoms with Crippen LogP contribution in [0.5, 0.6) is 0 Å². The minimum atomic E-state index is -0.140. The molecule has 0 spiro atoms. The highest BCUT2D eigenvalue weighted by molar-refractivity contribution is 5.35. The molecule has 0 amide bonds. The molecule has 1 aliphatic rings. The van der Waals surface area contributed by atoms with Crippen LogP contribution in [0.3, 0.4) is 0 Å². The van der Waals surface area contributed by atoms with Crippen molar-refractivity contribution in [2.24, 2.45) is 4.99 Å². The number of piperidine rings is 1. The van der Waals surface area contributed by atoms with Crippen molar-refractivity contribution in [2.75, 3.05) is 13.1 Å². The summed E-state index contributed by atoms with van der Waals surface area (Å²) in [6.07, 6.45) is 5.22. The van der Waals surface area contributed by atoms with E-state index >= 15 is 0 Å². The molecule has 1 aromatic carbocycles. The molecule has 0 radical (unpaired) electrons. The molecule has 0 N–H and O–H groups in total. The maximum atomic E-state index is 10.5. The van der Waals surface area contributed by atoms with E-state index in [1.165, 1.54) is 19.3 Å². The second kappa shape index (κ2) is 5.59. The van der Waals surface area contributed by atoms with Gasteiger partial charge in [0.05, 0.1) is 0 Å². The van der Waals surface area contributed by atoms with Gasteiger partial charge in [0.1, 0.15) is 6.17 Å². The van der Waals surface area contributed by atoms with Crippen LogP contribution in [0.4, 0.5) is 0 Å². The van der Waals surface area contributed by atoms with Gasteiger partial charge >= 0.3 is 0 Å². The monoisotopic (exact) mass is 216 g/mol. The summed E-state index contributed by atoms with van der Waals surface area (Å²) in [6, 6.07) is 9.96. The first kappa shape index (κ1) is 11.1. The van der Waals surface area contributed by atoms with Crippen molar-refractivity contribution in [3.8, 4) is 0 Å². The first-order valence-electron chi connectivity index (χ1n) is 5.78. The average molecular weight is 216 g/mol. The molecule has 1 unspecified atom stereocenters. The molecule has 1 saturated heterocycles. The molecule has 3 nitrogen and oxygen atoms in total. The zero-order chi connectivity index (χ0) is 11.2. The number of benzene rings is 1. The minimum Gasteiger partial charge on any atom is -0.277 e. The lowest BCUT2D eigenvalue weighted by atomic mass is 10.1. The zero-order valence-corrected chi connectivity index (χ0v) is 9.30. The third-order valence-corrected chi connectivity index (χ3v) is 3.01. The Bertz CT molecular complexity index is 365. The molecule has 0 aliphatic carbocycles. The zero-order valence-electron chi connectivity index (χ0n) is 9.30. The largest absolute Gasteiger partial charge is 0.277 e. The van der Waals surface area contributed by atoms with E-state index in [1.807, 2.05) is 30.3 Å². The lowest BCUT2D eigenvalue weighted by Crippen LogP contribution is -2.32. The van der Waals surface area contributed by atoms with Gasteiger partial charge in [-0.15, -0.1) is 0 Å². The van der Waals surface area contributed by atoms with E-state index in [0.717, 1.165) is 18.7 Å². The van der Waals surface area contributed by atoms with Gasteiger partial charge in [-0.2, -0.15) is 4.99 Å². The number of isocyanates is 1. The Hall–Kier alpha value is -1.44. The highest BCUT2D eigenvalue weighted by atomic mass is 16.1. The smallest absolute Gasteiger partial charge is 0.236 e. The molecule has 16 heavy (non-hydrogen) atoms. The Labute approximate surface area is 95.8 Å². The number of likely N-dealkylation sites (tertiary alicyclic amines) is 1. The Morgan fingerprint density at radius 1 is 1.12 bits per heavy atom. The Morgan fingerprint density at radius 3 is 2.44 bits per heavy atom. The van der Waals surface area contributed by atoms with Crippen LogP contribution in [-0.4, -0.2) is 24.1 Å². The number of nitrogens with zero attached hydrogens (tertiary/aromatic N) is 2. The Balaban J connectivity index is 2.19. The Morgan fingerprint density at radius 2 is 1.81 bits per heavy atom. The van der Waals surface area contributed by atoms with E-state index in [4.69, 9.17) is 0 Å². The van der Waals surface area contributed by atoms with E-state index in [2.05, 4.69) is 9.89 Å². The second-order valence-corrected chi connectivity index (χ2v) is 4.10. The van der Waals surface area contributed by atoms with Gasteiger partial charge in [0.25, 0.3) is 0 Å². The van der Waals surface area contributed by atoms with E-state index in [0.29, 0.717) is 0 Å². The molecular weight excluding hydrogens is 200 g/mol. The highest BCUT2D eigenvalue weighted by Crippen LogP contribution is 2.24. The van der Waals surface area contributed by atoms with Crippen LogP contribution in [0.2, 0.25) is 0 Å². The van der Waals surface area contributed by atoms with Crippen molar-refractivity contribution in [1.29, 1.82) is 0 Å². The summed E-state index contributed by atoms with van der Waals surface area (Å²) in [7, 11) is 0. The quantitative estimate of drug-likeness (QED) is 0.574. The third-order valence-electron chi connectivity index (χ3n) is 3.01. The predicted molar refractivity (Wildman–Crippen MR) is 62.7 cm³/mol. The van der Waals surface area contributed by atoms with Crippen LogP contribution in [0.1, 0.15) is 31.0 Å². The Kier molecular flexibility index (Phi) is 3.86. The molecule has 3 heteroatoms. The van der Waals surface area contributed by atoms with Crippen molar-refractivity contribution >= 4 is 6.08 Å². The fourth-order valence-corrected chi connectivity index (χ4v) is 2.21. The maximum Gasteiger partial charge on any atom is 0.236 e. The van der Waals surface area contributed by atoms with Gasteiger partial charge in [-0.3, -0.25) is 4.90 Å². The lowest BCUT2D eigenvalue weighted by Gasteiger charge is -2.31. The van der Waals surface area contributed by atoms with Crippen LogP contribution in [0, 0.1) is 0 Å².